The molecule has 0 amide bonds. The third kappa shape index (κ3) is 3.69. The zero-order chi connectivity index (χ0) is 12.9. The van der Waals surface area contributed by atoms with Gasteiger partial charge in [-0.25, -0.2) is 4.79 Å². The fourth-order valence-electron chi connectivity index (χ4n) is 1.35. The van der Waals surface area contributed by atoms with Crippen LogP contribution in [0.1, 0.15) is 12.5 Å². The quantitative estimate of drug-likeness (QED) is 0.746. The first kappa shape index (κ1) is 13.4. The zero-order valence-corrected chi connectivity index (χ0v) is 9.70. The van der Waals surface area contributed by atoms with Crippen LogP contribution in [0.4, 0.5) is 8.78 Å². The van der Waals surface area contributed by atoms with Crippen molar-refractivity contribution in [1.29, 1.82) is 0 Å². The van der Waals surface area contributed by atoms with Crippen molar-refractivity contribution in [3.63, 3.8) is 0 Å². The monoisotopic (exact) mass is 244 g/mol. The van der Waals surface area contributed by atoms with E-state index in [4.69, 9.17) is 4.74 Å². The van der Waals surface area contributed by atoms with E-state index in [2.05, 4.69) is 4.74 Å². The molecule has 0 aliphatic heterocycles. The summed E-state index contributed by atoms with van der Waals surface area (Å²) in [5, 5.41) is 0. The van der Waals surface area contributed by atoms with Crippen molar-refractivity contribution >= 4 is 5.97 Å². The molecule has 5 heteroatoms. The Morgan fingerprint density at radius 3 is 2.71 bits per heavy atom. The Morgan fingerprint density at radius 2 is 2.12 bits per heavy atom. The molecule has 0 aliphatic carbocycles. The van der Waals surface area contributed by atoms with Gasteiger partial charge in [0.25, 0.3) is 0 Å². The van der Waals surface area contributed by atoms with Gasteiger partial charge in [0.15, 0.2) is 0 Å². The van der Waals surface area contributed by atoms with Gasteiger partial charge in [0.05, 0.1) is 13.7 Å². The molecule has 0 unspecified atom stereocenters. The lowest BCUT2D eigenvalue weighted by Crippen LogP contribution is -2.33. The third-order valence-corrected chi connectivity index (χ3v) is 2.13. The first-order valence-electron chi connectivity index (χ1n) is 5.17. The minimum atomic E-state index is -3.51. The van der Waals surface area contributed by atoms with Crippen LogP contribution >= 0.6 is 0 Å². The highest BCUT2D eigenvalue weighted by Crippen LogP contribution is 2.24. The van der Waals surface area contributed by atoms with Crippen molar-refractivity contribution in [3.05, 3.63) is 29.8 Å². The Kier molecular flexibility index (Phi) is 4.43. The summed E-state index contributed by atoms with van der Waals surface area (Å²) < 4.78 is 36.1. The van der Waals surface area contributed by atoms with Crippen LogP contribution in [-0.4, -0.2) is 25.6 Å². The van der Waals surface area contributed by atoms with Gasteiger partial charge in [-0.2, -0.15) is 8.78 Å². The Bertz CT molecular complexity index is 391. The number of methoxy groups -OCH3 is 1. The number of carbonyl (C=O) groups excluding carboxylic acids is 1. The predicted molar refractivity (Wildman–Crippen MR) is 58.3 cm³/mol. The second-order valence-electron chi connectivity index (χ2n) is 3.45. The molecule has 0 aromatic heterocycles. The summed E-state index contributed by atoms with van der Waals surface area (Å²) in [7, 11) is 1.45. The van der Waals surface area contributed by atoms with Crippen molar-refractivity contribution in [1.82, 2.24) is 0 Å². The highest BCUT2D eigenvalue weighted by atomic mass is 19.3. The lowest BCUT2D eigenvalue weighted by molar-refractivity contribution is -0.171. The molecule has 0 N–H and O–H groups in total. The van der Waals surface area contributed by atoms with Gasteiger partial charge in [0.2, 0.25) is 0 Å². The fourth-order valence-corrected chi connectivity index (χ4v) is 1.35. The summed E-state index contributed by atoms with van der Waals surface area (Å²) >= 11 is 0. The number of esters is 1. The van der Waals surface area contributed by atoms with Crippen LogP contribution in [0.3, 0.4) is 0 Å². The van der Waals surface area contributed by atoms with Gasteiger partial charge in [0, 0.05) is 6.42 Å². The summed E-state index contributed by atoms with van der Waals surface area (Å²) in [5.41, 5.74) is 0.322. The van der Waals surface area contributed by atoms with Crippen LogP contribution in [0.5, 0.6) is 5.75 Å². The average molecular weight is 244 g/mol. The van der Waals surface area contributed by atoms with Gasteiger partial charge in [-0.05, 0) is 24.6 Å². The molecule has 0 spiro atoms. The van der Waals surface area contributed by atoms with Crippen LogP contribution in [-0.2, 0) is 16.0 Å². The summed E-state index contributed by atoms with van der Waals surface area (Å²) in [6, 6.07) is 6.21. The van der Waals surface area contributed by atoms with Crippen LogP contribution < -0.4 is 4.74 Å². The number of carbonyl (C=O) groups is 1. The molecule has 3 nitrogen and oxygen atoms in total. The lowest BCUT2D eigenvalue weighted by atomic mass is 10.1. The molecule has 0 atom stereocenters. The van der Waals surface area contributed by atoms with E-state index in [0.717, 1.165) is 0 Å². The number of hydrogen-bond donors (Lipinski definition) is 0. The van der Waals surface area contributed by atoms with E-state index < -0.39 is 18.3 Å². The topological polar surface area (TPSA) is 35.5 Å². The molecule has 1 aromatic carbocycles. The highest BCUT2D eigenvalue weighted by Gasteiger charge is 2.40. The van der Waals surface area contributed by atoms with Gasteiger partial charge in [-0.1, -0.05) is 12.1 Å². The molecule has 0 aliphatic rings. The predicted octanol–water partition coefficient (Wildman–Crippen LogP) is 2.44. The first-order chi connectivity index (χ1) is 7.99. The lowest BCUT2D eigenvalue weighted by Gasteiger charge is -2.14. The highest BCUT2D eigenvalue weighted by molar-refractivity contribution is 5.77. The summed E-state index contributed by atoms with van der Waals surface area (Å²) in [4.78, 5) is 11.0. The van der Waals surface area contributed by atoms with Gasteiger partial charge < -0.3 is 9.47 Å². The molecule has 0 saturated carbocycles. The molecule has 0 saturated heterocycles. The molecular formula is C12H14F2O3. The van der Waals surface area contributed by atoms with E-state index in [0.29, 0.717) is 11.3 Å². The number of alkyl halides is 2. The van der Waals surface area contributed by atoms with Crippen LogP contribution in [0, 0.1) is 0 Å². The third-order valence-electron chi connectivity index (χ3n) is 2.13. The van der Waals surface area contributed by atoms with Crippen molar-refractivity contribution in [2.75, 3.05) is 13.7 Å². The van der Waals surface area contributed by atoms with E-state index in [1.165, 1.54) is 26.2 Å². The number of halogens is 2. The van der Waals surface area contributed by atoms with Crippen LogP contribution in [0.2, 0.25) is 0 Å². The SMILES string of the molecule is CCOC(=O)C(F)(F)Cc1cccc(OC)c1. The Labute approximate surface area is 98.3 Å². The van der Waals surface area contributed by atoms with Gasteiger partial charge in [-0.15, -0.1) is 0 Å². The molecule has 94 valence electrons. The van der Waals surface area contributed by atoms with E-state index in [1.54, 1.807) is 12.1 Å². The maximum absolute atomic E-state index is 13.4. The second kappa shape index (κ2) is 5.61. The molecule has 1 aromatic rings. The molecular weight excluding hydrogens is 230 g/mol. The van der Waals surface area contributed by atoms with E-state index >= 15 is 0 Å². The largest absolute Gasteiger partial charge is 0.497 e. The van der Waals surface area contributed by atoms with Crippen molar-refractivity contribution in [2.45, 2.75) is 19.3 Å². The van der Waals surface area contributed by atoms with Gasteiger partial charge >= 0.3 is 11.9 Å². The maximum Gasteiger partial charge on any atom is 0.377 e. The fraction of sp³-hybridized carbons (Fsp3) is 0.417. The number of ether oxygens (including phenoxy) is 2. The summed E-state index contributed by atoms with van der Waals surface area (Å²) in [6.07, 6.45) is -0.691. The van der Waals surface area contributed by atoms with Crippen molar-refractivity contribution < 1.29 is 23.0 Å². The van der Waals surface area contributed by atoms with Crippen LogP contribution in [0.25, 0.3) is 0 Å². The molecule has 0 fully saturated rings. The summed E-state index contributed by atoms with van der Waals surface area (Å²) in [6.45, 7) is 1.42. The maximum atomic E-state index is 13.4. The number of rotatable bonds is 5. The standard InChI is InChI=1S/C12H14F2O3/c1-3-17-11(15)12(13,14)8-9-5-4-6-10(7-9)16-2/h4-7H,3,8H2,1-2H3. The van der Waals surface area contributed by atoms with Gasteiger partial charge in [-0.3, -0.25) is 0 Å². The molecule has 17 heavy (non-hydrogen) atoms. The number of hydrogen-bond acceptors (Lipinski definition) is 3. The average Bonchev–Trinajstić information content (AvgIpc) is 2.29. The summed E-state index contributed by atoms with van der Waals surface area (Å²) in [5.74, 6) is -4.53. The zero-order valence-electron chi connectivity index (χ0n) is 9.70. The minimum absolute atomic E-state index is 0.0630. The van der Waals surface area contributed by atoms with E-state index in [9.17, 15) is 13.6 Å². The molecule has 0 radical (unpaired) electrons. The Morgan fingerprint density at radius 1 is 1.41 bits per heavy atom. The minimum Gasteiger partial charge on any atom is -0.497 e. The molecule has 0 bridgehead atoms. The Balaban J connectivity index is 2.78. The normalized spacial score (nSPS) is 11.1. The molecule has 0 heterocycles. The number of benzene rings is 1. The van der Waals surface area contributed by atoms with Crippen LogP contribution in [0.15, 0.2) is 24.3 Å². The van der Waals surface area contributed by atoms with E-state index in [-0.39, 0.29) is 6.61 Å². The van der Waals surface area contributed by atoms with Crippen molar-refractivity contribution in [3.8, 4) is 5.75 Å². The smallest absolute Gasteiger partial charge is 0.377 e. The second-order valence-corrected chi connectivity index (χ2v) is 3.45. The van der Waals surface area contributed by atoms with Gasteiger partial charge in [0.1, 0.15) is 5.75 Å². The van der Waals surface area contributed by atoms with Crippen molar-refractivity contribution in [2.24, 2.45) is 0 Å². The van der Waals surface area contributed by atoms with E-state index in [1.807, 2.05) is 0 Å². The molecule has 1 rings (SSSR count). The Hall–Kier alpha value is -1.65. The first-order valence-corrected chi connectivity index (χ1v) is 5.17.